The predicted molar refractivity (Wildman–Crippen MR) is 94.1 cm³/mol. The topological polar surface area (TPSA) is 3.24 Å². The van der Waals surface area contributed by atoms with Crippen LogP contribution in [-0.2, 0) is 0 Å². The zero-order valence-electron chi connectivity index (χ0n) is 14.0. The van der Waals surface area contributed by atoms with Crippen molar-refractivity contribution in [3.05, 3.63) is 90.5 Å². The van der Waals surface area contributed by atoms with Gasteiger partial charge in [0.05, 0.1) is 0 Å². The van der Waals surface area contributed by atoms with E-state index in [9.17, 15) is 0 Å². The number of hydrogen-bond acceptors (Lipinski definition) is 1. The molecule has 3 rings (SSSR count). The van der Waals surface area contributed by atoms with E-state index in [1.807, 2.05) is 12.1 Å². The van der Waals surface area contributed by atoms with Crippen molar-refractivity contribution in [2.75, 3.05) is 4.90 Å². The first kappa shape index (κ1) is 17.4. The summed E-state index contributed by atoms with van der Waals surface area (Å²) in [4.78, 5) is 2.24. The fourth-order valence-electron chi connectivity index (χ4n) is 2.52. The Hall–Kier alpha value is -1.94. The average molecular weight is 293 g/mol. The fraction of sp³-hybridized carbons (Fsp3) is 0.143. The van der Waals surface area contributed by atoms with Crippen molar-refractivity contribution in [1.82, 2.24) is 0 Å². The van der Waals surface area contributed by atoms with Crippen LogP contribution in [0.15, 0.2) is 78.9 Å². The van der Waals surface area contributed by atoms with E-state index in [0.29, 0.717) is 5.92 Å². The van der Waals surface area contributed by atoms with E-state index in [1.54, 1.807) is 0 Å². The molecule has 2 heteroatoms. The molecule has 0 aliphatic heterocycles. The quantitative estimate of drug-likeness (QED) is 0.528. The number of rotatable bonds is 4. The second-order valence-corrected chi connectivity index (χ2v) is 5.65. The third-order valence-corrected chi connectivity index (χ3v) is 3.69. The predicted octanol–water partition coefficient (Wildman–Crippen LogP) is 3.08. The smallest absolute Gasteiger partial charge is 0.334 e. The minimum Gasteiger partial charge on any atom is -0.334 e. The average Bonchev–Trinajstić information content (AvgIpc) is 2.57. The molecule has 0 aliphatic rings. The Bertz CT molecular complexity index is 684. The summed E-state index contributed by atoms with van der Waals surface area (Å²) in [5.74, 6) is 0.466. The van der Waals surface area contributed by atoms with Crippen molar-refractivity contribution < 1.29 is 18.9 Å². The summed E-state index contributed by atoms with van der Waals surface area (Å²) < 4.78 is 0. The largest absolute Gasteiger partial charge is 1.00 e. The molecule has 3 aromatic carbocycles. The van der Waals surface area contributed by atoms with E-state index in [-0.39, 0.29) is 18.9 Å². The molecule has 0 saturated heterocycles. The molecule has 0 aliphatic carbocycles. The maximum atomic E-state index is 3.57. The molecular formula is C21H20LiN. The summed E-state index contributed by atoms with van der Waals surface area (Å²) in [5.41, 5.74) is 4.59. The van der Waals surface area contributed by atoms with Crippen molar-refractivity contribution in [3.8, 4) is 0 Å². The number of anilines is 3. The van der Waals surface area contributed by atoms with Gasteiger partial charge in [-0.15, -0.1) is 6.07 Å². The van der Waals surface area contributed by atoms with E-state index in [0.717, 1.165) is 17.1 Å². The maximum absolute atomic E-state index is 3.57. The second-order valence-electron chi connectivity index (χ2n) is 5.65. The molecule has 0 fully saturated rings. The summed E-state index contributed by atoms with van der Waals surface area (Å²) in [7, 11) is 0. The van der Waals surface area contributed by atoms with Gasteiger partial charge < -0.3 is 4.90 Å². The molecule has 0 bridgehead atoms. The molecular weight excluding hydrogens is 273 g/mol. The van der Waals surface area contributed by atoms with Crippen LogP contribution in [0.4, 0.5) is 17.1 Å². The fourth-order valence-corrected chi connectivity index (χ4v) is 2.52. The molecule has 0 unspecified atom stereocenters. The third kappa shape index (κ3) is 4.08. The van der Waals surface area contributed by atoms with Crippen LogP contribution < -0.4 is 23.8 Å². The van der Waals surface area contributed by atoms with Gasteiger partial charge in [-0.25, -0.2) is 0 Å². The summed E-state index contributed by atoms with van der Waals surface area (Å²) in [5, 5.41) is 0. The van der Waals surface area contributed by atoms with Gasteiger partial charge in [-0.2, -0.15) is 23.8 Å². The van der Waals surface area contributed by atoms with E-state index in [2.05, 4.69) is 91.5 Å². The zero-order valence-corrected chi connectivity index (χ0v) is 14.0. The monoisotopic (exact) mass is 293 g/mol. The first-order valence-corrected chi connectivity index (χ1v) is 7.68. The number of hydrogen-bond donors (Lipinski definition) is 0. The van der Waals surface area contributed by atoms with Gasteiger partial charge in [0.25, 0.3) is 0 Å². The normalized spacial score (nSPS) is 10.2. The SMILES string of the molecule is CC(C)c1[c-]c(N(c2ccccc2)c2ccccc2)ccc1.[Li+]. The first-order valence-electron chi connectivity index (χ1n) is 7.68. The van der Waals surface area contributed by atoms with Gasteiger partial charge in [0, 0.05) is 11.4 Å². The Kier molecular flexibility index (Phi) is 6.10. The van der Waals surface area contributed by atoms with Crippen molar-refractivity contribution in [1.29, 1.82) is 0 Å². The minimum absolute atomic E-state index is 0. The van der Waals surface area contributed by atoms with Crippen molar-refractivity contribution in [2.24, 2.45) is 0 Å². The number of benzene rings is 3. The number of nitrogens with zero attached hydrogens (tertiary/aromatic N) is 1. The Morgan fingerprint density at radius 1 is 0.696 bits per heavy atom. The Morgan fingerprint density at radius 3 is 1.70 bits per heavy atom. The van der Waals surface area contributed by atoms with Crippen LogP contribution in [0.3, 0.4) is 0 Å². The van der Waals surface area contributed by atoms with Gasteiger partial charge in [0.15, 0.2) is 0 Å². The minimum atomic E-state index is 0. The van der Waals surface area contributed by atoms with E-state index in [1.165, 1.54) is 5.56 Å². The molecule has 0 amide bonds. The van der Waals surface area contributed by atoms with Crippen LogP contribution in [0.25, 0.3) is 0 Å². The Balaban J connectivity index is 0.00000192. The molecule has 0 saturated carbocycles. The first-order chi connectivity index (χ1) is 10.8. The van der Waals surface area contributed by atoms with E-state index < -0.39 is 0 Å². The van der Waals surface area contributed by atoms with Gasteiger partial charge in [-0.1, -0.05) is 55.9 Å². The van der Waals surface area contributed by atoms with Crippen LogP contribution in [0.5, 0.6) is 0 Å². The third-order valence-electron chi connectivity index (χ3n) is 3.69. The van der Waals surface area contributed by atoms with E-state index in [4.69, 9.17) is 0 Å². The molecule has 0 N–H and O–H groups in total. The van der Waals surface area contributed by atoms with Crippen LogP contribution in [0.1, 0.15) is 25.3 Å². The van der Waals surface area contributed by atoms with Gasteiger partial charge in [-0.05, 0) is 30.2 Å². The van der Waals surface area contributed by atoms with Crippen LogP contribution in [0, 0.1) is 6.07 Å². The van der Waals surface area contributed by atoms with Crippen LogP contribution >= 0.6 is 0 Å². The molecule has 3 aromatic rings. The van der Waals surface area contributed by atoms with E-state index >= 15 is 0 Å². The number of para-hydroxylation sites is 2. The molecule has 0 spiro atoms. The van der Waals surface area contributed by atoms with Crippen molar-refractivity contribution >= 4 is 17.1 Å². The maximum Gasteiger partial charge on any atom is 1.00 e. The summed E-state index contributed by atoms with van der Waals surface area (Å²) in [6, 6.07) is 30.8. The van der Waals surface area contributed by atoms with Crippen molar-refractivity contribution in [3.63, 3.8) is 0 Å². The standard InChI is InChI=1S/C21H20N.Li/c1-17(2)18-10-9-15-21(16-18)22(19-11-5-3-6-12-19)20-13-7-4-8-14-20;/h3-15,17H,1-2H3;/q-1;+1. The van der Waals surface area contributed by atoms with Gasteiger partial charge in [-0.3, -0.25) is 0 Å². The molecule has 0 heterocycles. The second kappa shape index (κ2) is 8.06. The van der Waals surface area contributed by atoms with Gasteiger partial charge >= 0.3 is 18.9 Å². The Morgan fingerprint density at radius 2 is 1.22 bits per heavy atom. The summed E-state index contributed by atoms with van der Waals surface area (Å²) in [6.07, 6.45) is 0. The molecule has 0 atom stereocenters. The van der Waals surface area contributed by atoms with Crippen LogP contribution in [0.2, 0.25) is 0 Å². The molecule has 110 valence electrons. The van der Waals surface area contributed by atoms with Gasteiger partial charge in [0.2, 0.25) is 0 Å². The molecule has 1 nitrogen and oxygen atoms in total. The summed E-state index contributed by atoms with van der Waals surface area (Å²) >= 11 is 0. The molecule has 0 radical (unpaired) electrons. The zero-order chi connectivity index (χ0) is 15.4. The van der Waals surface area contributed by atoms with Crippen LogP contribution in [-0.4, -0.2) is 0 Å². The Labute approximate surface area is 151 Å². The van der Waals surface area contributed by atoms with Crippen molar-refractivity contribution in [2.45, 2.75) is 19.8 Å². The van der Waals surface area contributed by atoms with Gasteiger partial charge in [0.1, 0.15) is 0 Å². The summed E-state index contributed by atoms with van der Waals surface area (Å²) in [6.45, 7) is 4.40. The molecule has 0 aromatic heterocycles. The molecule has 23 heavy (non-hydrogen) atoms.